The van der Waals surface area contributed by atoms with Crippen molar-refractivity contribution in [2.45, 2.75) is 57.7 Å². The average molecular weight is 326 g/mol. The molecular formula is C18H30O5. The lowest BCUT2D eigenvalue weighted by Crippen LogP contribution is -2.31. The Balaban J connectivity index is 1.64. The number of allylic oxidation sites excluding steroid dienone is 1. The Morgan fingerprint density at radius 1 is 1.17 bits per heavy atom. The highest BCUT2D eigenvalue weighted by Crippen LogP contribution is 2.45. The van der Waals surface area contributed by atoms with Crippen molar-refractivity contribution in [2.24, 2.45) is 11.8 Å². The summed E-state index contributed by atoms with van der Waals surface area (Å²) in [6.07, 6.45) is 10.0. The summed E-state index contributed by atoms with van der Waals surface area (Å²) in [5, 5.41) is 8.59. The van der Waals surface area contributed by atoms with Crippen molar-refractivity contribution in [1.29, 1.82) is 0 Å². The summed E-state index contributed by atoms with van der Waals surface area (Å²) in [6.45, 7) is 4.77. The van der Waals surface area contributed by atoms with Gasteiger partial charge in [-0.1, -0.05) is 19.1 Å². The van der Waals surface area contributed by atoms with Gasteiger partial charge in [-0.15, -0.1) is 0 Å². The zero-order chi connectivity index (χ0) is 16.5. The van der Waals surface area contributed by atoms with Gasteiger partial charge in [0.05, 0.1) is 25.4 Å². The molecule has 1 N–H and O–H groups in total. The summed E-state index contributed by atoms with van der Waals surface area (Å²) in [6, 6.07) is 0. The van der Waals surface area contributed by atoms with Gasteiger partial charge < -0.3 is 19.3 Å². The Bertz CT molecular complexity index is 382. The van der Waals surface area contributed by atoms with Crippen molar-refractivity contribution in [2.75, 3.05) is 26.4 Å². The van der Waals surface area contributed by atoms with E-state index in [1.807, 2.05) is 0 Å². The standard InChI is InChI=1S/C18H30O5/c1-2-3-4-10-22-13-15-14(16-7-8-17(15)23-16)9-12-21-11-5-6-18(19)20/h3-4,14-17H,2,5-13H2,1H3,(H,19,20)/t14-,15+,16-,17+/m0/s1. The SMILES string of the molecule is CCC=CCOC[C@@H]1[C@H](CCOCCCC(=O)O)[C@@H]2CC[C@H]1O2. The number of carbonyl (C=O) groups is 1. The van der Waals surface area contributed by atoms with E-state index < -0.39 is 5.97 Å². The smallest absolute Gasteiger partial charge is 0.303 e. The zero-order valence-corrected chi connectivity index (χ0v) is 14.1. The molecule has 0 aromatic rings. The van der Waals surface area contributed by atoms with Crippen molar-refractivity contribution in [3.63, 3.8) is 0 Å². The molecule has 0 radical (unpaired) electrons. The molecule has 2 aliphatic rings. The molecule has 2 fully saturated rings. The molecule has 2 saturated heterocycles. The molecule has 0 amide bonds. The van der Waals surface area contributed by atoms with E-state index in [9.17, 15) is 4.79 Å². The van der Waals surface area contributed by atoms with Crippen molar-refractivity contribution in [1.82, 2.24) is 0 Å². The number of ether oxygens (including phenoxy) is 3. The van der Waals surface area contributed by atoms with Gasteiger partial charge in [-0.3, -0.25) is 4.79 Å². The molecule has 2 heterocycles. The molecule has 132 valence electrons. The normalized spacial score (nSPS) is 29.6. The van der Waals surface area contributed by atoms with Gasteiger partial charge in [0.15, 0.2) is 0 Å². The number of fused-ring (bicyclic) bond motifs is 2. The summed E-state index contributed by atoms with van der Waals surface area (Å²) in [5.41, 5.74) is 0. The van der Waals surface area contributed by atoms with E-state index >= 15 is 0 Å². The van der Waals surface area contributed by atoms with Gasteiger partial charge >= 0.3 is 5.97 Å². The molecule has 0 saturated carbocycles. The molecular weight excluding hydrogens is 296 g/mol. The third-order valence-corrected chi connectivity index (χ3v) is 4.79. The Morgan fingerprint density at radius 2 is 1.96 bits per heavy atom. The second kappa shape index (κ2) is 10.1. The van der Waals surface area contributed by atoms with Crippen LogP contribution in [0.5, 0.6) is 0 Å². The largest absolute Gasteiger partial charge is 0.481 e. The maximum absolute atomic E-state index is 10.4. The van der Waals surface area contributed by atoms with Crippen LogP contribution in [-0.2, 0) is 19.0 Å². The van der Waals surface area contributed by atoms with Crippen LogP contribution < -0.4 is 0 Å². The fraction of sp³-hybridized carbons (Fsp3) is 0.833. The van der Waals surface area contributed by atoms with Crippen LogP contribution in [0.15, 0.2) is 12.2 Å². The van der Waals surface area contributed by atoms with Gasteiger partial charge in [0.2, 0.25) is 0 Å². The third-order valence-electron chi connectivity index (χ3n) is 4.79. The second-order valence-corrected chi connectivity index (χ2v) is 6.43. The number of aliphatic carboxylic acids is 1. The molecule has 2 aliphatic heterocycles. The molecule has 0 aliphatic carbocycles. The fourth-order valence-electron chi connectivity index (χ4n) is 3.66. The predicted molar refractivity (Wildman–Crippen MR) is 87.4 cm³/mol. The minimum atomic E-state index is -0.760. The number of hydrogen-bond acceptors (Lipinski definition) is 4. The van der Waals surface area contributed by atoms with Gasteiger partial charge in [0.1, 0.15) is 0 Å². The first-order valence-electron chi connectivity index (χ1n) is 8.90. The monoisotopic (exact) mass is 326 g/mol. The maximum atomic E-state index is 10.4. The highest BCUT2D eigenvalue weighted by molar-refractivity contribution is 5.66. The molecule has 0 aromatic carbocycles. The van der Waals surface area contributed by atoms with Crippen LogP contribution in [0.4, 0.5) is 0 Å². The molecule has 4 atom stereocenters. The topological polar surface area (TPSA) is 65.0 Å². The van der Waals surface area contributed by atoms with Crippen molar-refractivity contribution < 1.29 is 24.1 Å². The quantitative estimate of drug-likeness (QED) is 0.441. The fourth-order valence-corrected chi connectivity index (χ4v) is 3.66. The van der Waals surface area contributed by atoms with Crippen LogP contribution in [0.3, 0.4) is 0 Å². The Kier molecular flexibility index (Phi) is 8.06. The summed E-state index contributed by atoms with van der Waals surface area (Å²) in [7, 11) is 0. The van der Waals surface area contributed by atoms with Crippen LogP contribution in [0.1, 0.15) is 45.4 Å². The van der Waals surface area contributed by atoms with E-state index in [2.05, 4.69) is 19.1 Å². The zero-order valence-electron chi connectivity index (χ0n) is 14.1. The lowest BCUT2D eigenvalue weighted by molar-refractivity contribution is -0.137. The van der Waals surface area contributed by atoms with E-state index in [1.54, 1.807) is 0 Å². The lowest BCUT2D eigenvalue weighted by atomic mass is 9.78. The van der Waals surface area contributed by atoms with Gasteiger partial charge in [0, 0.05) is 25.6 Å². The highest BCUT2D eigenvalue weighted by Gasteiger charge is 2.48. The van der Waals surface area contributed by atoms with Gasteiger partial charge in [-0.05, 0) is 38.0 Å². The Hall–Kier alpha value is -0.910. The lowest BCUT2D eigenvalue weighted by Gasteiger charge is -2.27. The van der Waals surface area contributed by atoms with E-state index in [0.29, 0.717) is 50.3 Å². The first-order chi connectivity index (χ1) is 11.2. The van der Waals surface area contributed by atoms with Crippen molar-refractivity contribution in [3.8, 4) is 0 Å². The number of rotatable bonds is 12. The molecule has 0 aromatic heterocycles. The number of carboxylic acids is 1. The summed E-state index contributed by atoms with van der Waals surface area (Å²) < 4.78 is 17.4. The Labute approximate surface area is 139 Å². The van der Waals surface area contributed by atoms with Crippen LogP contribution in [-0.4, -0.2) is 49.7 Å². The van der Waals surface area contributed by atoms with Crippen molar-refractivity contribution in [3.05, 3.63) is 12.2 Å². The van der Waals surface area contributed by atoms with Gasteiger partial charge in [-0.2, -0.15) is 0 Å². The highest BCUT2D eigenvalue weighted by atomic mass is 16.5. The molecule has 5 heteroatoms. The van der Waals surface area contributed by atoms with Gasteiger partial charge in [0.25, 0.3) is 0 Å². The molecule has 2 bridgehead atoms. The minimum absolute atomic E-state index is 0.180. The van der Waals surface area contributed by atoms with Crippen LogP contribution in [0.25, 0.3) is 0 Å². The van der Waals surface area contributed by atoms with Crippen LogP contribution in [0.2, 0.25) is 0 Å². The van der Waals surface area contributed by atoms with Gasteiger partial charge in [-0.25, -0.2) is 0 Å². The van der Waals surface area contributed by atoms with E-state index in [4.69, 9.17) is 19.3 Å². The van der Waals surface area contributed by atoms with Crippen LogP contribution in [0, 0.1) is 11.8 Å². The summed E-state index contributed by atoms with van der Waals surface area (Å²) in [4.78, 5) is 10.4. The maximum Gasteiger partial charge on any atom is 0.303 e. The van der Waals surface area contributed by atoms with E-state index in [0.717, 1.165) is 32.3 Å². The molecule has 2 rings (SSSR count). The summed E-state index contributed by atoms with van der Waals surface area (Å²) >= 11 is 0. The first kappa shape index (κ1) is 18.4. The minimum Gasteiger partial charge on any atom is -0.481 e. The molecule has 0 unspecified atom stereocenters. The second-order valence-electron chi connectivity index (χ2n) is 6.43. The number of hydrogen-bond donors (Lipinski definition) is 1. The predicted octanol–water partition coefficient (Wildman–Crippen LogP) is 3.03. The van der Waals surface area contributed by atoms with Crippen LogP contribution >= 0.6 is 0 Å². The van der Waals surface area contributed by atoms with Crippen molar-refractivity contribution >= 4 is 5.97 Å². The molecule has 23 heavy (non-hydrogen) atoms. The van der Waals surface area contributed by atoms with E-state index in [1.165, 1.54) is 0 Å². The first-order valence-corrected chi connectivity index (χ1v) is 8.90. The average Bonchev–Trinajstić information content (AvgIpc) is 3.12. The Morgan fingerprint density at radius 3 is 2.70 bits per heavy atom. The number of carboxylic acid groups (broad SMARTS) is 1. The summed E-state index contributed by atoms with van der Waals surface area (Å²) in [5.74, 6) is 0.235. The third kappa shape index (κ3) is 5.90. The molecule has 5 nitrogen and oxygen atoms in total. The van der Waals surface area contributed by atoms with E-state index in [-0.39, 0.29) is 6.42 Å². The molecule has 0 spiro atoms.